The summed E-state index contributed by atoms with van der Waals surface area (Å²) in [7, 11) is 0. The molecule has 4 rings (SSSR count). The van der Waals surface area contributed by atoms with Crippen molar-refractivity contribution in [1.82, 2.24) is 19.7 Å². The summed E-state index contributed by atoms with van der Waals surface area (Å²) in [5.74, 6) is 1.90. The first-order valence-electron chi connectivity index (χ1n) is 11.0. The third-order valence-electron chi connectivity index (χ3n) is 6.17. The van der Waals surface area contributed by atoms with Gasteiger partial charge in [0.25, 0.3) is 0 Å². The Balaban J connectivity index is 1.72. The maximum atomic E-state index is 4.54. The second-order valence-corrected chi connectivity index (χ2v) is 8.14. The maximum absolute atomic E-state index is 4.54. The molecule has 1 N–H and O–H groups in total. The fourth-order valence-electron chi connectivity index (χ4n) is 4.26. The molecule has 0 fully saturated rings. The van der Waals surface area contributed by atoms with Gasteiger partial charge in [0, 0.05) is 23.7 Å². The number of nitrogens with one attached hydrogen (secondary N) is 1. The Morgan fingerprint density at radius 3 is 2.83 bits per heavy atom. The molecule has 30 heavy (non-hydrogen) atoms. The Hall–Kier alpha value is -2.95. The van der Waals surface area contributed by atoms with Gasteiger partial charge in [0.2, 0.25) is 5.95 Å². The number of anilines is 2. The van der Waals surface area contributed by atoms with Crippen LogP contribution in [0.3, 0.4) is 0 Å². The molecule has 5 nitrogen and oxygen atoms in total. The van der Waals surface area contributed by atoms with E-state index in [1.165, 1.54) is 22.1 Å². The van der Waals surface area contributed by atoms with E-state index in [-0.39, 0.29) is 0 Å². The molecule has 156 valence electrons. The zero-order chi connectivity index (χ0) is 21.1. The van der Waals surface area contributed by atoms with Gasteiger partial charge in [-0.15, -0.1) is 10.2 Å². The van der Waals surface area contributed by atoms with E-state index >= 15 is 0 Å². The van der Waals surface area contributed by atoms with Crippen molar-refractivity contribution < 1.29 is 0 Å². The highest BCUT2D eigenvalue weighted by Gasteiger charge is 2.26. The van der Waals surface area contributed by atoms with Crippen LogP contribution in [-0.4, -0.2) is 19.7 Å². The van der Waals surface area contributed by atoms with E-state index in [9.17, 15) is 0 Å². The quantitative estimate of drug-likeness (QED) is 0.492. The molecule has 3 aromatic rings. The molecule has 0 saturated carbocycles. The average Bonchev–Trinajstić information content (AvgIpc) is 3.20. The van der Waals surface area contributed by atoms with Gasteiger partial charge in [0.05, 0.1) is 11.6 Å². The Labute approximate surface area is 178 Å². The van der Waals surface area contributed by atoms with Crippen LogP contribution in [0, 0.1) is 0 Å². The molecular formula is C25H31N5. The summed E-state index contributed by atoms with van der Waals surface area (Å²) in [5, 5.41) is 13.8. The van der Waals surface area contributed by atoms with Crippen molar-refractivity contribution in [3.63, 3.8) is 0 Å². The average molecular weight is 402 g/mol. The first kappa shape index (κ1) is 20.3. The van der Waals surface area contributed by atoms with Crippen LogP contribution in [0.25, 0.3) is 10.9 Å². The number of aromatic nitrogens is 4. The van der Waals surface area contributed by atoms with Crippen molar-refractivity contribution in [2.45, 2.75) is 65.8 Å². The fraction of sp³-hybridized carbons (Fsp3) is 0.400. The molecule has 0 spiro atoms. The topological polar surface area (TPSA) is 55.6 Å². The summed E-state index contributed by atoms with van der Waals surface area (Å²) in [6, 6.07) is 8.62. The van der Waals surface area contributed by atoms with Gasteiger partial charge in [0.15, 0.2) is 0 Å². The Kier molecular flexibility index (Phi) is 5.98. The van der Waals surface area contributed by atoms with Gasteiger partial charge in [-0.3, -0.25) is 9.55 Å². The molecule has 1 aromatic carbocycles. The van der Waals surface area contributed by atoms with Crippen LogP contribution in [-0.2, 0) is 12.8 Å². The molecule has 3 heterocycles. The molecule has 0 aliphatic carbocycles. The van der Waals surface area contributed by atoms with Crippen molar-refractivity contribution in [3.05, 3.63) is 65.1 Å². The molecule has 0 bridgehead atoms. The molecule has 5 heteroatoms. The van der Waals surface area contributed by atoms with Crippen LogP contribution >= 0.6 is 0 Å². The van der Waals surface area contributed by atoms with Crippen molar-refractivity contribution in [1.29, 1.82) is 0 Å². The predicted molar refractivity (Wildman–Crippen MR) is 124 cm³/mol. The predicted octanol–water partition coefficient (Wildman–Crippen LogP) is 6.31. The van der Waals surface area contributed by atoms with E-state index in [0.29, 0.717) is 6.04 Å². The molecule has 1 aliphatic heterocycles. The van der Waals surface area contributed by atoms with Crippen molar-refractivity contribution in [3.8, 4) is 0 Å². The Bertz CT molecular complexity index is 1110. The number of allylic oxidation sites excluding steroid dienone is 4. The molecule has 1 aliphatic rings. The van der Waals surface area contributed by atoms with E-state index in [0.717, 1.165) is 55.1 Å². The molecule has 1 unspecified atom stereocenters. The Morgan fingerprint density at radius 1 is 1.17 bits per heavy atom. The zero-order valence-corrected chi connectivity index (χ0v) is 18.4. The van der Waals surface area contributed by atoms with Crippen LogP contribution in [0.5, 0.6) is 0 Å². The van der Waals surface area contributed by atoms with Gasteiger partial charge >= 0.3 is 0 Å². The number of pyridine rings is 1. The number of rotatable bonds is 6. The molecule has 0 radical (unpaired) electrons. The number of hydrogen-bond donors (Lipinski definition) is 1. The van der Waals surface area contributed by atoms with Crippen molar-refractivity contribution in [2.24, 2.45) is 0 Å². The maximum Gasteiger partial charge on any atom is 0.229 e. The van der Waals surface area contributed by atoms with E-state index in [2.05, 4.69) is 83.1 Å². The summed E-state index contributed by atoms with van der Waals surface area (Å²) in [6.07, 6.45) is 11.6. The number of benzene rings is 1. The second-order valence-electron chi connectivity index (χ2n) is 8.14. The minimum Gasteiger partial charge on any atom is -0.324 e. The zero-order valence-electron chi connectivity index (χ0n) is 18.4. The molecule has 0 saturated heterocycles. The molecule has 0 amide bonds. The largest absolute Gasteiger partial charge is 0.324 e. The van der Waals surface area contributed by atoms with Crippen LogP contribution in [0.2, 0.25) is 0 Å². The molecule has 2 aromatic heterocycles. The fourth-order valence-corrected chi connectivity index (χ4v) is 4.26. The van der Waals surface area contributed by atoms with Crippen LogP contribution in [0.15, 0.2) is 53.8 Å². The summed E-state index contributed by atoms with van der Waals surface area (Å²) in [6.45, 7) is 8.79. The van der Waals surface area contributed by atoms with Crippen LogP contribution < -0.4 is 5.32 Å². The van der Waals surface area contributed by atoms with Crippen LogP contribution in [0.1, 0.15) is 64.4 Å². The van der Waals surface area contributed by atoms with E-state index < -0.39 is 0 Å². The van der Waals surface area contributed by atoms with Gasteiger partial charge in [-0.05, 0) is 63.3 Å². The SMILES string of the molecule is CCC(C)=CC=C(C)C1CCCc2nnc(Nc3ccc4ncccc4c3CC)n21. The lowest BCUT2D eigenvalue weighted by Crippen LogP contribution is -2.20. The van der Waals surface area contributed by atoms with E-state index in [1.807, 2.05) is 12.3 Å². The van der Waals surface area contributed by atoms with E-state index in [4.69, 9.17) is 0 Å². The monoisotopic (exact) mass is 401 g/mol. The van der Waals surface area contributed by atoms with Gasteiger partial charge < -0.3 is 5.32 Å². The van der Waals surface area contributed by atoms with Crippen molar-refractivity contribution in [2.75, 3.05) is 5.32 Å². The summed E-state index contributed by atoms with van der Waals surface area (Å²) >= 11 is 0. The Morgan fingerprint density at radius 2 is 2.03 bits per heavy atom. The third-order valence-corrected chi connectivity index (χ3v) is 6.17. The standard InChI is InChI=1S/C25H31N5/c1-5-17(3)12-13-18(4)23-10-7-11-24-28-29-25(30(23)24)27-22-15-14-21-20(19(22)6-2)9-8-16-26-21/h8-9,12-16,23H,5-7,10-11H2,1-4H3,(H,27,29). The van der Waals surface area contributed by atoms with Gasteiger partial charge in [-0.25, -0.2) is 0 Å². The van der Waals surface area contributed by atoms with Gasteiger partial charge in [-0.2, -0.15) is 0 Å². The minimum atomic E-state index is 0.291. The first-order chi connectivity index (χ1) is 14.6. The number of fused-ring (bicyclic) bond motifs is 2. The summed E-state index contributed by atoms with van der Waals surface area (Å²) in [4.78, 5) is 4.50. The minimum absolute atomic E-state index is 0.291. The number of nitrogens with zero attached hydrogens (tertiary/aromatic N) is 4. The highest BCUT2D eigenvalue weighted by molar-refractivity contribution is 5.88. The lowest BCUT2D eigenvalue weighted by Gasteiger charge is -2.27. The first-order valence-corrected chi connectivity index (χ1v) is 11.0. The van der Waals surface area contributed by atoms with E-state index in [1.54, 1.807) is 0 Å². The summed E-state index contributed by atoms with van der Waals surface area (Å²) < 4.78 is 2.30. The normalized spacial score (nSPS) is 17.3. The molecule has 1 atom stereocenters. The van der Waals surface area contributed by atoms with Crippen LogP contribution in [0.4, 0.5) is 11.6 Å². The number of hydrogen-bond acceptors (Lipinski definition) is 4. The van der Waals surface area contributed by atoms with Gasteiger partial charge in [-0.1, -0.05) is 43.2 Å². The summed E-state index contributed by atoms with van der Waals surface area (Å²) in [5.41, 5.74) is 6.12. The highest BCUT2D eigenvalue weighted by atomic mass is 15.4. The lowest BCUT2D eigenvalue weighted by atomic mass is 9.97. The van der Waals surface area contributed by atoms with Gasteiger partial charge in [0.1, 0.15) is 5.82 Å². The lowest BCUT2D eigenvalue weighted by molar-refractivity contribution is 0.448. The smallest absolute Gasteiger partial charge is 0.229 e. The second kappa shape index (κ2) is 8.82. The number of aryl methyl sites for hydroxylation is 2. The third kappa shape index (κ3) is 3.89. The van der Waals surface area contributed by atoms with Crippen molar-refractivity contribution >= 4 is 22.5 Å². The highest BCUT2D eigenvalue weighted by Crippen LogP contribution is 2.35. The molecular weight excluding hydrogens is 370 g/mol.